The van der Waals surface area contributed by atoms with E-state index in [1.807, 2.05) is 47.8 Å². The average Bonchev–Trinajstić information content (AvgIpc) is 3.22. The zero-order valence-corrected chi connectivity index (χ0v) is 18.6. The van der Waals surface area contributed by atoms with Gasteiger partial charge in [0.1, 0.15) is 10.6 Å². The lowest BCUT2D eigenvalue weighted by molar-refractivity contribution is -0.147. The molecule has 7 heteroatoms. The summed E-state index contributed by atoms with van der Waals surface area (Å²) in [4.78, 5) is 37.6. The fourth-order valence-electron chi connectivity index (χ4n) is 4.46. The van der Waals surface area contributed by atoms with Gasteiger partial charge in [-0.1, -0.05) is 55.3 Å². The number of hydrogen-bond donors (Lipinski definition) is 2. The molecule has 0 unspecified atom stereocenters. The summed E-state index contributed by atoms with van der Waals surface area (Å²) in [7, 11) is 0. The van der Waals surface area contributed by atoms with E-state index in [4.69, 9.17) is 4.74 Å². The molecule has 1 fully saturated rings. The molecule has 1 amide bonds. The highest BCUT2D eigenvalue weighted by Crippen LogP contribution is 2.40. The quantitative estimate of drug-likeness (QED) is 0.478. The summed E-state index contributed by atoms with van der Waals surface area (Å²) < 4.78 is 5.31. The van der Waals surface area contributed by atoms with Gasteiger partial charge in [-0.25, -0.2) is 4.79 Å². The second-order valence-corrected chi connectivity index (χ2v) is 8.81. The van der Waals surface area contributed by atoms with Crippen molar-refractivity contribution in [1.82, 2.24) is 0 Å². The third-order valence-electron chi connectivity index (χ3n) is 6.01. The molecule has 1 saturated carbocycles. The minimum absolute atomic E-state index is 0.209. The van der Waals surface area contributed by atoms with Gasteiger partial charge < -0.3 is 15.2 Å². The zero-order valence-electron chi connectivity index (χ0n) is 17.8. The number of anilines is 1. The molecule has 4 rings (SSSR count). The molecule has 2 N–H and O–H groups in total. The maximum atomic E-state index is 13.1. The number of fused-ring (bicyclic) bond motifs is 1. The van der Waals surface area contributed by atoms with E-state index in [-0.39, 0.29) is 12.5 Å². The number of amides is 1. The minimum atomic E-state index is -0.946. The van der Waals surface area contributed by atoms with Gasteiger partial charge in [0.25, 0.3) is 0 Å². The van der Waals surface area contributed by atoms with Crippen LogP contribution in [0.3, 0.4) is 0 Å². The summed E-state index contributed by atoms with van der Waals surface area (Å²) in [5, 5.41) is 16.7. The molecule has 166 valence electrons. The van der Waals surface area contributed by atoms with E-state index < -0.39 is 23.8 Å². The number of rotatable bonds is 6. The molecule has 6 nitrogen and oxygen atoms in total. The van der Waals surface area contributed by atoms with Crippen molar-refractivity contribution in [2.45, 2.75) is 32.6 Å². The highest BCUT2D eigenvalue weighted by Gasteiger charge is 2.36. The van der Waals surface area contributed by atoms with Crippen LogP contribution in [0.5, 0.6) is 0 Å². The molecule has 0 bridgehead atoms. The Morgan fingerprint density at radius 1 is 1.03 bits per heavy atom. The van der Waals surface area contributed by atoms with Crippen LogP contribution in [0.15, 0.2) is 47.8 Å². The molecular formula is C25H25NO5S. The van der Waals surface area contributed by atoms with E-state index in [2.05, 4.69) is 5.32 Å². The Morgan fingerprint density at radius 3 is 2.50 bits per heavy atom. The minimum Gasteiger partial charge on any atom is -0.481 e. The molecule has 1 heterocycles. The van der Waals surface area contributed by atoms with Crippen LogP contribution >= 0.6 is 11.3 Å². The Balaban J connectivity index is 1.73. The highest BCUT2D eigenvalue weighted by atomic mass is 32.1. The van der Waals surface area contributed by atoms with Gasteiger partial charge in [-0.2, -0.15) is 0 Å². The smallest absolute Gasteiger partial charge is 0.341 e. The van der Waals surface area contributed by atoms with Crippen molar-refractivity contribution in [2.24, 2.45) is 11.8 Å². The van der Waals surface area contributed by atoms with Crippen molar-refractivity contribution in [2.75, 3.05) is 11.9 Å². The van der Waals surface area contributed by atoms with Gasteiger partial charge in [0.2, 0.25) is 5.91 Å². The molecule has 3 aromatic rings. The molecule has 1 aliphatic rings. The van der Waals surface area contributed by atoms with Gasteiger partial charge in [0.05, 0.1) is 18.4 Å². The number of thiophene rings is 1. The first kappa shape index (κ1) is 22.0. The summed E-state index contributed by atoms with van der Waals surface area (Å²) >= 11 is 1.26. The number of aliphatic carboxylic acids is 1. The number of hydrogen-bond acceptors (Lipinski definition) is 5. The van der Waals surface area contributed by atoms with Crippen LogP contribution in [0.2, 0.25) is 0 Å². The third-order valence-corrected chi connectivity index (χ3v) is 6.90. The second kappa shape index (κ2) is 9.53. The molecule has 0 spiro atoms. The van der Waals surface area contributed by atoms with Crippen molar-refractivity contribution in [3.8, 4) is 11.1 Å². The van der Waals surface area contributed by atoms with Gasteiger partial charge in [-0.05, 0) is 36.1 Å². The lowest BCUT2D eigenvalue weighted by Crippen LogP contribution is -2.36. The molecule has 0 aliphatic heterocycles. The van der Waals surface area contributed by atoms with Gasteiger partial charge in [0.15, 0.2) is 0 Å². The number of ether oxygens (including phenoxy) is 1. The summed E-state index contributed by atoms with van der Waals surface area (Å²) in [5.41, 5.74) is 1.88. The molecule has 1 aliphatic carbocycles. The number of carboxylic acid groups (broad SMARTS) is 1. The Bertz CT molecular complexity index is 1160. The topological polar surface area (TPSA) is 92.7 Å². The number of nitrogens with one attached hydrogen (secondary N) is 1. The van der Waals surface area contributed by atoms with Crippen LogP contribution in [-0.4, -0.2) is 29.6 Å². The molecular weight excluding hydrogens is 426 g/mol. The van der Waals surface area contributed by atoms with Crippen molar-refractivity contribution < 1.29 is 24.2 Å². The van der Waals surface area contributed by atoms with Crippen LogP contribution in [0.1, 0.15) is 43.0 Å². The first-order valence-electron chi connectivity index (χ1n) is 10.8. The normalized spacial score (nSPS) is 18.3. The summed E-state index contributed by atoms with van der Waals surface area (Å²) in [6.07, 6.45) is 2.64. The molecule has 0 radical (unpaired) electrons. The number of carboxylic acids is 1. The summed E-state index contributed by atoms with van der Waals surface area (Å²) in [6, 6.07) is 13.8. The van der Waals surface area contributed by atoms with E-state index in [0.717, 1.165) is 29.2 Å². The van der Waals surface area contributed by atoms with Gasteiger partial charge in [0, 0.05) is 10.9 Å². The van der Waals surface area contributed by atoms with E-state index in [1.165, 1.54) is 11.3 Å². The van der Waals surface area contributed by atoms with Crippen LogP contribution in [0.4, 0.5) is 5.00 Å². The molecule has 2 atom stereocenters. The van der Waals surface area contributed by atoms with Gasteiger partial charge in [-0.3, -0.25) is 9.59 Å². The fourth-order valence-corrected chi connectivity index (χ4v) is 5.41. The first-order chi connectivity index (χ1) is 15.5. The average molecular weight is 452 g/mol. The number of carbonyl (C=O) groups is 3. The predicted octanol–water partition coefficient (Wildman–Crippen LogP) is 5.57. The summed E-state index contributed by atoms with van der Waals surface area (Å²) in [5.74, 6) is -3.12. The van der Waals surface area contributed by atoms with Gasteiger partial charge in [-0.15, -0.1) is 11.3 Å². The Kier molecular flexibility index (Phi) is 6.55. The van der Waals surface area contributed by atoms with Crippen molar-refractivity contribution in [3.05, 3.63) is 53.4 Å². The largest absolute Gasteiger partial charge is 0.481 e. The summed E-state index contributed by atoms with van der Waals surface area (Å²) in [6.45, 7) is 1.94. The van der Waals surface area contributed by atoms with Crippen LogP contribution in [-0.2, 0) is 14.3 Å². The SMILES string of the molecule is CCOC(=O)c1c(-c2cccc3ccccc23)csc1NC(=O)[C@@H]1CCCC[C@H]1C(=O)O. The van der Waals surface area contributed by atoms with Crippen LogP contribution in [0, 0.1) is 11.8 Å². The fraction of sp³-hybridized carbons (Fsp3) is 0.320. The van der Waals surface area contributed by atoms with Gasteiger partial charge >= 0.3 is 11.9 Å². The zero-order chi connectivity index (χ0) is 22.7. The highest BCUT2D eigenvalue weighted by molar-refractivity contribution is 7.15. The van der Waals surface area contributed by atoms with E-state index in [9.17, 15) is 19.5 Å². The van der Waals surface area contributed by atoms with Crippen LogP contribution in [0.25, 0.3) is 21.9 Å². The monoisotopic (exact) mass is 451 g/mol. The Hall–Kier alpha value is -3.19. The standard InChI is InChI=1S/C25H25NO5S/c1-2-31-25(30)21-20(17-13-7-9-15-8-3-4-10-16(15)17)14-32-23(21)26-22(27)18-11-5-6-12-19(18)24(28)29/h3-4,7-10,13-14,18-19H,2,5-6,11-12H2,1H3,(H,26,27)(H,28,29)/t18-,19-/m1/s1. The van der Waals surface area contributed by atoms with Crippen molar-refractivity contribution in [1.29, 1.82) is 0 Å². The molecule has 0 saturated heterocycles. The Morgan fingerprint density at radius 2 is 1.75 bits per heavy atom. The predicted molar refractivity (Wildman–Crippen MR) is 125 cm³/mol. The Labute approximate surface area is 190 Å². The maximum Gasteiger partial charge on any atom is 0.341 e. The van der Waals surface area contributed by atoms with E-state index in [1.54, 1.807) is 6.92 Å². The van der Waals surface area contributed by atoms with Crippen molar-refractivity contribution in [3.63, 3.8) is 0 Å². The number of benzene rings is 2. The second-order valence-electron chi connectivity index (χ2n) is 7.93. The maximum absolute atomic E-state index is 13.1. The lowest BCUT2D eigenvalue weighted by atomic mass is 9.78. The molecule has 2 aromatic carbocycles. The number of esters is 1. The lowest BCUT2D eigenvalue weighted by Gasteiger charge is -2.27. The van der Waals surface area contributed by atoms with Crippen molar-refractivity contribution >= 4 is 45.0 Å². The number of carbonyl (C=O) groups excluding carboxylic acids is 2. The molecule has 1 aromatic heterocycles. The van der Waals surface area contributed by atoms with E-state index >= 15 is 0 Å². The molecule has 32 heavy (non-hydrogen) atoms. The van der Waals surface area contributed by atoms with Crippen LogP contribution < -0.4 is 5.32 Å². The first-order valence-corrected chi connectivity index (χ1v) is 11.7. The van der Waals surface area contributed by atoms with E-state index in [0.29, 0.717) is 29.0 Å². The third kappa shape index (κ3) is 4.25.